The summed E-state index contributed by atoms with van der Waals surface area (Å²) in [4.78, 5) is 11.5. The molecule has 2 aromatic rings. The Morgan fingerprint density at radius 2 is 0.864 bits per heavy atom. The Labute approximate surface area is 131 Å². The lowest BCUT2D eigenvalue weighted by Crippen LogP contribution is -2.29. The predicted octanol–water partition coefficient (Wildman–Crippen LogP) is 4.82. The first-order valence-electron chi connectivity index (χ1n) is 7.10. The molecule has 0 radical (unpaired) electrons. The van der Waals surface area contributed by atoms with Crippen LogP contribution in [0.5, 0.6) is 0 Å². The van der Waals surface area contributed by atoms with Crippen molar-refractivity contribution in [3.8, 4) is 0 Å². The van der Waals surface area contributed by atoms with Crippen LogP contribution >= 0.6 is 0 Å². The average Bonchev–Trinajstić information content (AvgIpc) is 2.57. The second-order valence-corrected chi connectivity index (χ2v) is 5.92. The van der Waals surface area contributed by atoms with E-state index in [0.717, 1.165) is 11.1 Å². The molecule has 0 aliphatic heterocycles. The summed E-state index contributed by atoms with van der Waals surface area (Å²) in [6.45, 7) is 8.01. The summed E-state index contributed by atoms with van der Waals surface area (Å²) < 4.78 is 0. The fourth-order valence-electron chi connectivity index (χ4n) is 1.98. The smallest absolute Gasteiger partial charge is 0.123 e. The summed E-state index contributed by atoms with van der Waals surface area (Å²) in [5.41, 5.74) is 1.19. The maximum absolute atomic E-state index is 6.00. The van der Waals surface area contributed by atoms with Gasteiger partial charge in [-0.15, -0.1) is 0 Å². The topological polar surface area (TPSA) is 58.9 Å². The van der Waals surface area contributed by atoms with Gasteiger partial charge in [-0.3, -0.25) is 10.5 Å². The van der Waals surface area contributed by atoms with Crippen LogP contribution in [0.2, 0.25) is 0 Å². The highest BCUT2D eigenvalue weighted by Crippen LogP contribution is 2.31. The molecule has 0 heterocycles. The molecule has 0 bridgehead atoms. The zero-order valence-corrected chi connectivity index (χ0v) is 13.5. The summed E-state index contributed by atoms with van der Waals surface area (Å²) in [6, 6.07) is 20.2. The van der Waals surface area contributed by atoms with Crippen LogP contribution in [-0.4, -0.2) is 10.5 Å². The highest BCUT2D eigenvalue weighted by molar-refractivity contribution is 5.22. The fraction of sp³-hybridized carbons (Fsp3) is 0.333. The van der Waals surface area contributed by atoms with E-state index in [1.165, 1.54) is 0 Å². The molecule has 0 unspecified atom stereocenters. The molecule has 22 heavy (non-hydrogen) atoms. The molecule has 0 aliphatic rings. The Kier molecular flexibility index (Phi) is 6.71. The van der Waals surface area contributed by atoms with E-state index in [9.17, 15) is 0 Å². The molecule has 4 heteroatoms. The molecule has 0 atom stereocenters. The average molecular weight is 304 g/mol. The maximum atomic E-state index is 6.00. The molecule has 0 saturated carbocycles. The van der Waals surface area contributed by atoms with E-state index in [1.54, 1.807) is 0 Å². The number of hydrogen-bond donors (Lipinski definition) is 2. The van der Waals surface area contributed by atoms with E-state index < -0.39 is 11.2 Å². The highest BCUT2D eigenvalue weighted by Gasteiger charge is 2.29. The molecule has 0 saturated heterocycles. The van der Waals surface area contributed by atoms with Gasteiger partial charge in [0.2, 0.25) is 0 Å². The highest BCUT2D eigenvalue weighted by atomic mass is 17.2. The van der Waals surface area contributed by atoms with Crippen LogP contribution in [0.1, 0.15) is 38.8 Å². The summed E-state index contributed by atoms with van der Waals surface area (Å²) in [7, 11) is 0. The third-order valence-corrected chi connectivity index (χ3v) is 3.40. The van der Waals surface area contributed by atoms with Crippen molar-refractivity contribution in [3.05, 3.63) is 71.8 Å². The van der Waals surface area contributed by atoms with Gasteiger partial charge in [0.1, 0.15) is 11.2 Å². The lowest BCUT2D eigenvalue weighted by Gasteiger charge is -2.31. The van der Waals surface area contributed by atoms with Crippen LogP contribution in [0.25, 0.3) is 0 Å². The van der Waals surface area contributed by atoms with Crippen molar-refractivity contribution < 1.29 is 20.3 Å². The van der Waals surface area contributed by atoms with Crippen LogP contribution < -0.4 is 0 Å². The summed E-state index contributed by atoms with van der Waals surface area (Å²) in [6.07, 6.45) is 0. The van der Waals surface area contributed by atoms with Crippen molar-refractivity contribution in [3.63, 3.8) is 0 Å². The first kappa shape index (κ1) is 18.3. The minimum absolute atomic E-state index is 0.493. The van der Waals surface area contributed by atoms with Gasteiger partial charge >= 0.3 is 0 Å². The van der Waals surface area contributed by atoms with Crippen molar-refractivity contribution in [2.45, 2.75) is 38.9 Å². The van der Waals surface area contributed by atoms with Gasteiger partial charge in [-0.05, 0) is 38.8 Å². The van der Waals surface area contributed by atoms with Gasteiger partial charge in [0.15, 0.2) is 0 Å². The monoisotopic (exact) mass is 304 g/mol. The molecule has 0 aliphatic carbocycles. The van der Waals surface area contributed by atoms with E-state index in [2.05, 4.69) is 0 Å². The lowest BCUT2D eigenvalue weighted by atomic mass is 9.98. The van der Waals surface area contributed by atoms with Crippen molar-refractivity contribution in [2.75, 3.05) is 0 Å². The van der Waals surface area contributed by atoms with Crippen LogP contribution in [0.3, 0.4) is 0 Å². The van der Waals surface area contributed by atoms with Gasteiger partial charge in [-0.2, -0.15) is 0 Å². The molecule has 120 valence electrons. The van der Waals surface area contributed by atoms with Gasteiger partial charge in [0, 0.05) is 0 Å². The SMILES string of the molecule is CC(C)(OOC(C)(C)c1ccccc1)c1ccccc1.OO. The summed E-state index contributed by atoms with van der Waals surface area (Å²) in [5.74, 6) is 0. The molecule has 2 aromatic carbocycles. The van der Waals surface area contributed by atoms with Crippen LogP contribution in [0.15, 0.2) is 60.7 Å². The standard InChI is InChI=1S/C18H22O2.H2O2/c1-17(2,15-11-7-5-8-12-15)19-20-18(3,4)16-13-9-6-10-14-16;1-2/h5-14H,1-4H3;1-2H. The van der Waals surface area contributed by atoms with E-state index in [0.29, 0.717) is 0 Å². The van der Waals surface area contributed by atoms with Crippen LogP contribution in [-0.2, 0) is 21.0 Å². The molecule has 0 amide bonds. The van der Waals surface area contributed by atoms with Gasteiger partial charge in [0.25, 0.3) is 0 Å². The number of benzene rings is 2. The Morgan fingerprint density at radius 1 is 0.591 bits per heavy atom. The second-order valence-electron chi connectivity index (χ2n) is 5.92. The van der Waals surface area contributed by atoms with Crippen molar-refractivity contribution >= 4 is 0 Å². The zero-order chi connectivity index (χ0) is 16.6. The molecule has 0 aromatic heterocycles. The second kappa shape index (κ2) is 8.06. The van der Waals surface area contributed by atoms with Crippen LogP contribution in [0, 0.1) is 0 Å². The molecule has 0 spiro atoms. The van der Waals surface area contributed by atoms with Crippen molar-refractivity contribution in [2.24, 2.45) is 0 Å². The lowest BCUT2D eigenvalue weighted by molar-refractivity contribution is -0.410. The Hall–Kier alpha value is -1.72. The van der Waals surface area contributed by atoms with E-state index in [-0.39, 0.29) is 0 Å². The maximum Gasteiger partial charge on any atom is 0.123 e. The first-order valence-corrected chi connectivity index (χ1v) is 7.10. The van der Waals surface area contributed by atoms with Crippen LogP contribution in [0.4, 0.5) is 0 Å². The molecule has 0 fully saturated rings. The third-order valence-electron chi connectivity index (χ3n) is 3.40. The molecule has 4 nitrogen and oxygen atoms in total. The predicted molar refractivity (Wildman–Crippen MR) is 86.4 cm³/mol. The summed E-state index contributed by atoms with van der Waals surface area (Å²) >= 11 is 0. The molecular weight excluding hydrogens is 280 g/mol. The van der Waals surface area contributed by atoms with Gasteiger partial charge in [-0.25, -0.2) is 9.78 Å². The number of rotatable bonds is 5. The minimum Gasteiger partial charge on any atom is -0.255 e. The molecule has 2 rings (SSSR count). The first-order chi connectivity index (χ1) is 10.4. The molecule has 2 N–H and O–H groups in total. The quantitative estimate of drug-likeness (QED) is 0.614. The van der Waals surface area contributed by atoms with E-state index >= 15 is 0 Å². The number of hydrogen-bond acceptors (Lipinski definition) is 4. The normalized spacial score (nSPS) is 11.5. The van der Waals surface area contributed by atoms with Gasteiger partial charge in [0.05, 0.1) is 0 Å². The minimum atomic E-state index is -0.493. The Bertz CT molecular complexity index is 484. The van der Waals surface area contributed by atoms with Crippen molar-refractivity contribution in [1.82, 2.24) is 0 Å². The largest absolute Gasteiger partial charge is 0.255 e. The Morgan fingerprint density at radius 3 is 1.14 bits per heavy atom. The van der Waals surface area contributed by atoms with Crippen molar-refractivity contribution in [1.29, 1.82) is 0 Å². The fourth-order valence-corrected chi connectivity index (χ4v) is 1.98. The van der Waals surface area contributed by atoms with E-state index in [4.69, 9.17) is 20.3 Å². The Balaban J connectivity index is 0.00000116. The van der Waals surface area contributed by atoms with Gasteiger partial charge < -0.3 is 0 Å². The van der Waals surface area contributed by atoms with Gasteiger partial charge in [-0.1, -0.05) is 60.7 Å². The zero-order valence-electron chi connectivity index (χ0n) is 13.5. The third kappa shape index (κ3) is 4.93. The molecular formula is C18H24O4. The van der Waals surface area contributed by atoms with E-state index in [1.807, 2.05) is 88.4 Å². The summed E-state index contributed by atoms with van der Waals surface area (Å²) in [5, 5.41) is 12.0.